The Bertz CT molecular complexity index is 541. The summed E-state index contributed by atoms with van der Waals surface area (Å²) in [6, 6.07) is 9.73. The first kappa shape index (κ1) is 17.4. The SMILES string of the molecule is CC(O)(CC(=O)N1CCCC1CN1CCOCC1)c1ccccc1. The van der Waals surface area contributed by atoms with Crippen LogP contribution in [-0.2, 0) is 15.1 Å². The fourth-order valence-corrected chi connectivity index (χ4v) is 3.73. The lowest BCUT2D eigenvalue weighted by Gasteiger charge is -2.34. The van der Waals surface area contributed by atoms with Gasteiger partial charge in [-0.15, -0.1) is 0 Å². The third-order valence-corrected chi connectivity index (χ3v) is 5.16. The van der Waals surface area contributed by atoms with E-state index in [4.69, 9.17) is 4.74 Å². The molecule has 1 aromatic carbocycles. The first-order valence-corrected chi connectivity index (χ1v) is 8.94. The summed E-state index contributed by atoms with van der Waals surface area (Å²) in [6.45, 7) is 6.90. The molecular weight excluding hydrogens is 304 g/mol. The molecule has 1 N–H and O–H groups in total. The number of rotatable bonds is 5. The number of ether oxygens (including phenoxy) is 1. The Labute approximate surface area is 144 Å². The van der Waals surface area contributed by atoms with Crippen LogP contribution in [0.15, 0.2) is 30.3 Å². The van der Waals surface area contributed by atoms with Gasteiger partial charge in [-0.25, -0.2) is 0 Å². The number of nitrogens with zero attached hydrogens (tertiary/aromatic N) is 2. The highest BCUT2D eigenvalue weighted by Gasteiger charge is 2.35. The van der Waals surface area contributed by atoms with E-state index in [1.54, 1.807) is 6.92 Å². The molecule has 2 fully saturated rings. The van der Waals surface area contributed by atoms with Gasteiger partial charge in [0.2, 0.25) is 5.91 Å². The van der Waals surface area contributed by atoms with Gasteiger partial charge >= 0.3 is 0 Å². The standard InChI is InChI=1S/C19H28N2O3/c1-19(23,16-6-3-2-4-7-16)14-18(22)21-9-5-8-17(21)15-20-10-12-24-13-11-20/h2-4,6-7,17,23H,5,8-15H2,1H3. The predicted molar refractivity (Wildman–Crippen MR) is 92.6 cm³/mol. The van der Waals surface area contributed by atoms with E-state index in [9.17, 15) is 9.90 Å². The summed E-state index contributed by atoms with van der Waals surface area (Å²) >= 11 is 0. The van der Waals surface area contributed by atoms with E-state index in [-0.39, 0.29) is 18.4 Å². The van der Waals surface area contributed by atoms with Gasteiger partial charge < -0.3 is 14.7 Å². The van der Waals surface area contributed by atoms with Crippen molar-refractivity contribution in [3.8, 4) is 0 Å². The van der Waals surface area contributed by atoms with Crippen molar-refractivity contribution in [2.45, 2.75) is 37.8 Å². The van der Waals surface area contributed by atoms with Crippen LogP contribution in [0.1, 0.15) is 31.7 Å². The summed E-state index contributed by atoms with van der Waals surface area (Å²) in [5, 5.41) is 10.7. The number of benzene rings is 1. The molecule has 0 aromatic heterocycles. The number of likely N-dealkylation sites (tertiary alicyclic amines) is 1. The molecule has 2 atom stereocenters. The Morgan fingerprint density at radius 2 is 1.96 bits per heavy atom. The maximum Gasteiger partial charge on any atom is 0.226 e. The molecule has 0 bridgehead atoms. The largest absolute Gasteiger partial charge is 0.385 e. The van der Waals surface area contributed by atoms with Crippen molar-refractivity contribution in [3.05, 3.63) is 35.9 Å². The van der Waals surface area contributed by atoms with Crippen molar-refractivity contribution >= 4 is 5.91 Å². The highest BCUT2D eigenvalue weighted by molar-refractivity contribution is 5.78. The molecule has 1 amide bonds. The summed E-state index contributed by atoms with van der Waals surface area (Å²) in [5.41, 5.74) is -0.327. The number of amides is 1. The molecule has 2 heterocycles. The molecule has 1 aromatic rings. The molecule has 2 aliphatic heterocycles. The van der Waals surface area contributed by atoms with E-state index in [1.807, 2.05) is 35.2 Å². The van der Waals surface area contributed by atoms with Crippen molar-refractivity contribution < 1.29 is 14.6 Å². The van der Waals surface area contributed by atoms with Crippen LogP contribution in [0.3, 0.4) is 0 Å². The zero-order valence-electron chi connectivity index (χ0n) is 14.5. The van der Waals surface area contributed by atoms with Crippen molar-refractivity contribution in [3.63, 3.8) is 0 Å². The molecule has 0 aliphatic carbocycles. The highest BCUT2D eigenvalue weighted by Crippen LogP contribution is 2.28. The topological polar surface area (TPSA) is 53.0 Å². The van der Waals surface area contributed by atoms with Gasteiger partial charge in [0.05, 0.1) is 25.2 Å². The number of carbonyl (C=O) groups is 1. The Balaban J connectivity index is 1.60. The van der Waals surface area contributed by atoms with Gasteiger partial charge in [0.1, 0.15) is 0 Å². The molecule has 3 rings (SSSR count). The summed E-state index contributed by atoms with van der Waals surface area (Å²) in [4.78, 5) is 17.2. The van der Waals surface area contributed by atoms with Crippen LogP contribution in [0.4, 0.5) is 0 Å². The lowest BCUT2D eigenvalue weighted by atomic mass is 9.92. The van der Waals surface area contributed by atoms with E-state index >= 15 is 0 Å². The van der Waals surface area contributed by atoms with Crippen LogP contribution in [0, 0.1) is 0 Å². The van der Waals surface area contributed by atoms with E-state index in [2.05, 4.69) is 4.90 Å². The Hall–Kier alpha value is -1.43. The van der Waals surface area contributed by atoms with Gasteiger partial charge in [-0.05, 0) is 25.3 Å². The number of hydrogen-bond acceptors (Lipinski definition) is 4. The molecule has 132 valence electrons. The van der Waals surface area contributed by atoms with Gasteiger partial charge in [-0.3, -0.25) is 9.69 Å². The molecule has 2 aliphatic rings. The first-order valence-electron chi connectivity index (χ1n) is 8.94. The second kappa shape index (κ2) is 7.64. The second-order valence-corrected chi connectivity index (χ2v) is 7.11. The van der Waals surface area contributed by atoms with Gasteiger partial charge in [-0.2, -0.15) is 0 Å². The highest BCUT2D eigenvalue weighted by atomic mass is 16.5. The Morgan fingerprint density at radius 3 is 2.67 bits per heavy atom. The van der Waals surface area contributed by atoms with E-state index < -0.39 is 5.60 Å². The quantitative estimate of drug-likeness (QED) is 0.890. The lowest BCUT2D eigenvalue weighted by Crippen LogP contribution is -2.47. The molecular formula is C19H28N2O3. The molecule has 5 heteroatoms. The normalized spacial score (nSPS) is 24.8. The monoisotopic (exact) mass is 332 g/mol. The minimum Gasteiger partial charge on any atom is -0.385 e. The van der Waals surface area contributed by atoms with Crippen LogP contribution in [0.25, 0.3) is 0 Å². The van der Waals surface area contributed by atoms with Crippen molar-refractivity contribution in [1.29, 1.82) is 0 Å². The van der Waals surface area contributed by atoms with Crippen molar-refractivity contribution in [2.75, 3.05) is 39.4 Å². The smallest absolute Gasteiger partial charge is 0.226 e. The van der Waals surface area contributed by atoms with E-state index in [0.29, 0.717) is 0 Å². The van der Waals surface area contributed by atoms with Crippen LogP contribution < -0.4 is 0 Å². The fourth-order valence-electron chi connectivity index (χ4n) is 3.73. The summed E-state index contributed by atoms with van der Waals surface area (Å²) < 4.78 is 5.40. The molecule has 24 heavy (non-hydrogen) atoms. The van der Waals surface area contributed by atoms with Crippen molar-refractivity contribution in [2.24, 2.45) is 0 Å². The molecule has 0 spiro atoms. The maximum atomic E-state index is 12.8. The summed E-state index contributed by atoms with van der Waals surface area (Å²) in [5.74, 6) is 0.0552. The van der Waals surface area contributed by atoms with Crippen LogP contribution in [-0.4, -0.2) is 66.2 Å². The van der Waals surface area contributed by atoms with Gasteiger partial charge in [0.15, 0.2) is 0 Å². The minimum atomic E-state index is -1.12. The minimum absolute atomic E-state index is 0.0552. The third kappa shape index (κ3) is 4.15. The zero-order valence-corrected chi connectivity index (χ0v) is 14.5. The van der Waals surface area contributed by atoms with Gasteiger partial charge in [0.25, 0.3) is 0 Å². The molecule has 0 radical (unpaired) electrons. The third-order valence-electron chi connectivity index (χ3n) is 5.16. The fraction of sp³-hybridized carbons (Fsp3) is 0.632. The summed E-state index contributed by atoms with van der Waals surface area (Å²) in [6.07, 6.45) is 2.24. The maximum absolute atomic E-state index is 12.8. The van der Waals surface area contributed by atoms with Crippen LogP contribution >= 0.6 is 0 Å². The second-order valence-electron chi connectivity index (χ2n) is 7.11. The average Bonchev–Trinajstić information content (AvgIpc) is 3.04. The zero-order chi connectivity index (χ0) is 17.0. The molecule has 2 unspecified atom stereocenters. The number of carbonyl (C=O) groups excluding carboxylic acids is 1. The Kier molecular flexibility index (Phi) is 5.54. The Morgan fingerprint density at radius 1 is 1.25 bits per heavy atom. The molecule has 2 saturated heterocycles. The number of hydrogen-bond donors (Lipinski definition) is 1. The lowest BCUT2D eigenvalue weighted by molar-refractivity contribution is -0.137. The molecule has 5 nitrogen and oxygen atoms in total. The summed E-state index contributed by atoms with van der Waals surface area (Å²) in [7, 11) is 0. The first-order chi connectivity index (χ1) is 11.6. The number of morpholine rings is 1. The molecule has 0 saturated carbocycles. The van der Waals surface area contributed by atoms with Gasteiger partial charge in [0, 0.05) is 32.2 Å². The van der Waals surface area contributed by atoms with Crippen LogP contribution in [0.2, 0.25) is 0 Å². The van der Waals surface area contributed by atoms with Gasteiger partial charge in [-0.1, -0.05) is 30.3 Å². The van der Waals surface area contributed by atoms with Crippen LogP contribution in [0.5, 0.6) is 0 Å². The number of aliphatic hydroxyl groups is 1. The van der Waals surface area contributed by atoms with E-state index in [1.165, 1.54) is 0 Å². The van der Waals surface area contributed by atoms with E-state index in [0.717, 1.165) is 57.8 Å². The van der Waals surface area contributed by atoms with Crippen molar-refractivity contribution in [1.82, 2.24) is 9.80 Å². The average molecular weight is 332 g/mol. The predicted octanol–water partition coefficient (Wildman–Crippen LogP) is 1.61.